The van der Waals surface area contributed by atoms with E-state index in [1.54, 1.807) is 12.1 Å². The Morgan fingerprint density at radius 3 is 2.50 bits per heavy atom. The first-order chi connectivity index (χ1) is 9.52. The van der Waals surface area contributed by atoms with Gasteiger partial charge in [0.15, 0.2) is 0 Å². The summed E-state index contributed by atoms with van der Waals surface area (Å²) in [7, 11) is 0. The second kappa shape index (κ2) is 8.08. The monoisotopic (exact) mass is 346 g/mol. The average molecular weight is 347 g/mol. The van der Waals surface area contributed by atoms with Gasteiger partial charge in [0.05, 0.1) is 11.6 Å². The molecule has 1 atom stereocenters. The summed E-state index contributed by atoms with van der Waals surface area (Å²) in [4.78, 5) is 0. The van der Waals surface area contributed by atoms with Crippen molar-refractivity contribution in [1.82, 2.24) is 5.43 Å². The van der Waals surface area contributed by atoms with E-state index in [1.807, 2.05) is 6.92 Å². The molecule has 0 aromatic heterocycles. The minimum absolute atomic E-state index is 0.138. The number of nitrogens with two attached hydrogens (primary N) is 1. The van der Waals surface area contributed by atoms with Gasteiger partial charge in [-0.2, -0.15) is 0 Å². The zero-order chi connectivity index (χ0) is 15.2. The number of hydrogen-bond donors (Lipinski definition) is 2. The molecule has 0 bridgehead atoms. The number of hydrazine groups is 1. The van der Waals surface area contributed by atoms with Crippen molar-refractivity contribution in [2.45, 2.75) is 51.7 Å². The maximum absolute atomic E-state index is 13.9. The van der Waals surface area contributed by atoms with E-state index in [2.05, 4.69) is 35.2 Å². The van der Waals surface area contributed by atoms with Crippen molar-refractivity contribution in [2.75, 3.05) is 6.61 Å². The van der Waals surface area contributed by atoms with Crippen molar-refractivity contribution in [1.29, 1.82) is 0 Å². The predicted octanol–water partition coefficient (Wildman–Crippen LogP) is 3.56. The Morgan fingerprint density at radius 1 is 1.35 bits per heavy atom. The Morgan fingerprint density at radius 2 is 2.00 bits per heavy atom. The predicted molar refractivity (Wildman–Crippen MR) is 83.9 cm³/mol. The van der Waals surface area contributed by atoms with Crippen LogP contribution in [0.3, 0.4) is 0 Å². The molecule has 20 heavy (non-hydrogen) atoms. The highest BCUT2D eigenvalue weighted by molar-refractivity contribution is 9.10. The van der Waals surface area contributed by atoms with E-state index < -0.39 is 0 Å². The van der Waals surface area contributed by atoms with Crippen LogP contribution in [-0.4, -0.2) is 18.2 Å². The molecule has 0 radical (unpaired) electrons. The van der Waals surface area contributed by atoms with Crippen LogP contribution < -0.4 is 11.3 Å². The average Bonchev–Trinajstić information content (AvgIpc) is 2.46. The van der Waals surface area contributed by atoms with Gasteiger partial charge in [-0.1, -0.05) is 29.8 Å². The third-order valence-corrected chi connectivity index (χ3v) is 4.39. The zero-order valence-electron chi connectivity index (χ0n) is 12.4. The minimum Gasteiger partial charge on any atom is -0.374 e. The summed E-state index contributed by atoms with van der Waals surface area (Å²) in [5.74, 6) is 5.50. The van der Waals surface area contributed by atoms with Crippen molar-refractivity contribution in [2.24, 2.45) is 5.84 Å². The summed E-state index contributed by atoms with van der Waals surface area (Å²) >= 11 is 3.37. The quantitative estimate of drug-likeness (QED) is 0.558. The second-order valence-electron chi connectivity index (χ2n) is 4.86. The van der Waals surface area contributed by atoms with Crippen molar-refractivity contribution < 1.29 is 9.13 Å². The van der Waals surface area contributed by atoms with Crippen LogP contribution in [0.5, 0.6) is 0 Å². The van der Waals surface area contributed by atoms with Crippen LogP contribution in [0, 0.1) is 5.82 Å². The van der Waals surface area contributed by atoms with Crippen molar-refractivity contribution in [3.63, 3.8) is 0 Å². The maximum Gasteiger partial charge on any atom is 0.126 e. The zero-order valence-corrected chi connectivity index (χ0v) is 14.0. The molecular weight excluding hydrogens is 323 g/mol. The number of benzene rings is 1. The van der Waals surface area contributed by atoms with Crippen molar-refractivity contribution >= 4 is 15.9 Å². The third kappa shape index (κ3) is 4.01. The molecule has 1 aromatic carbocycles. The van der Waals surface area contributed by atoms with Gasteiger partial charge in [0, 0.05) is 11.1 Å². The number of halogens is 2. The molecule has 3 nitrogen and oxygen atoms in total. The number of rotatable bonds is 8. The van der Waals surface area contributed by atoms with Gasteiger partial charge >= 0.3 is 0 Å². The SMILES string of the molecule is CCOC(CC)(CC)C(Cc1cc(Br)ccc1F)NN. The van der Waals surface area contributed by atoms with Gasteiger partial charge in [0.1, 0.15) is 5.82 Å². The number of ether oxygens (including phenoxy) is 1. The molecule has 0 fully saturated rings. The largest absolute Gasteiger partial charge is 0.374 e. The standard InChI is InChI=1S/C15H24BrFN2O/c1-4-15(5-2,20-6-3)14(19-18)10-11-9-12(16)7-8-13(11)17/h7-9,14,19H,4-6,10,18H2,1-3H3. The molecule has 0 saturated heterocycles. The van der Waals surface area contributed by atoms with Gasteiger partial charge in [-0.05, 0) is 49.9 Å². The Hall–Kier alpha value is -0.490. The molecule has 3 N–H and O–H groups in total. The second-order valence-corrected chi connectivity index (χ2v) is 5.78. The van der Waals surface area contributed by atoms with Crippen molar-refractivity contribution in [3.05, 3.63) is 34.1 Å². The van der Waals surface area contributed by atoms with Gasteiger partial charge in [-0.3, -0.25) is 11.3 Å². The topological polar surface area (TPSA) is 47.3 Å². The molecule has 0 aliphatic carbocycles. The molecule has 0 saturated carbocycles. The summed E-state index contributed by atoms with van der Waals surface area (Å²) in [6.45, 7) is 6.72. The molecule has 0 amide bonds. The van der Waals surface area contributed by atoms with E-state index in [4.69, 9.17) is 10.6 Å². The van der Waals surface area contributed by atoms with Gasteiger partial charge in [-0.25, -0.2) is 4.39 Å². The third-order valence-electron chi connectivity index (χ3n) is 3.90. The molecule has 1 aromatic rings. The van der Waals surface area contributed by atoms with E-state index in [-0.39, 0.29) is 17.5 Å². The fourth-order valence-corrected chi connectivity index (χ4v) is 3.06. The molecule has 5 heteroatoms. The molecule has 1 rings (SSSR count). The highest BCUT2D eigenvalue weighted by Gasteiger charge is 2.36. The molecule has 0 aliphatic rings. The van der Waals surface area contributed by atoms with Crippen LogP contribution >= 0.6 is 15.9 Å². The first kappa shape index (κ1) is 17.6. The van der Waals surface area contributed by atoms with Gasteiger partial charge in [0.25, 0.3) is 0 Å². The lowest BCUT2D eigenvalue weighted by Gasteiger charge is -2.39. The normalized spacial score (nSPS) is 13.5. The van der Waals surface area contributed by atoms with E-state index >= 15 is 0 Å². The van der Waals surface area contributed by atoms with E-state index in [1.165, 1.54) is 6.07 Å². The summed E-state index contributed by atoms with van der Waals surface area (Å²) in [6, 6.07) is 4.81. The van der Waals surface area contributed by atoms with Crippen LogP contribution in [0.25, 0.3) is 0 Å². The molecule has 1 unspecified atom stereocenters. The Kier molecular flexibility index (Phi) is 7.09. The molecule has 0 heterocycles. The first-order valence-corrected chi connectivity index (χ1v) is 7.86. The van der Waals surface area contributed by atoms with Crippen LogP contribution in [0.2, 0.25) is 0 Å². The maximum atomic E-state index is 13.9. The first-order valence-electron chi connectivity index (χ1n) is 7.07. The lowest BCUT2D eigenvalue weighted by molar-refractivity contribution is -0.0720. The molecular formula is C15H24BrFN2O. The summed E-state index contributed by atoms with van der Waals surface area (Å²) in [5.41, 5.74) is 3.07. The lowest BCUT2D eigenvalue weighted by Crippen LogP contribution is -2.55. The van der Waals surface area contributed by atoms with Crippen LogP contribution in [0.1, 0.15) is 39.2 Å². The molecule has 0 spiro atoms. The highest BCUT2D eigenvalue weighted by Crippen LogP contribution is 2.28. The number of hydrogen-bond acceptors (Lipinski definition) is 3. The van der Waals surface area contributed by atoms with Gasteiger partial charge < -0.3 is 4.74 Å². The van der Waals surface area contributed by atoms with E-state index in [9.17, 15) is 4.39 Å². The summed E-state index contributed by atoms with van der Waals surface area (Å²) < 4.78 is 20.7. The number of nitrogens with one attached hydrogen (secondary N) is 1. The molecule has 0 aliphatic heterocycles. The fraction of sp³-hybridized carbons (Fsp3) is 0.600. The molecule has 114 valence electrons. The van der Waals surface area contributed by atoms with Crippen molar-refractivity contribution in [3.8, 4) is 0 Å². The minimum atomic E-state index is -0.377. The van der Waals surface area contributed by atoms with Gasteiger partial charge in [-0.15, -0.1) is 0 Å². The van der Waals surface area contributed by atoms with Crippen LogP contribution in [0.15, 0.2) is 22.7 Å². The van der Waals surface area contributed by atoms with Crippen LogP contribution in [-0.2, 0) is 11.2 Å². The van der Waals surface area contributed by atoms with Gasteiger partial charge in [0.2, 0.25) is 0 Å². The highest BCUT2D eigenvalue weighted by atomic mass is 79.9. The summed E-state index contributed by atoms with van der Waals surface area (Å²) in [6.07, 6.45) is 2.13. The smallest absolute Gasteiger partial charge is 0.126 e. The Labute approximate surface area is 129 Å². The summed E-state index contributed by atoms with van der Waals surface area (Å²) in [5, 5.41) is 0. The van der Waals surface area contributed by atoms with E-state index in [0.29, 0.717) is 18.6 Å². The lowest BCUT2D eigenvalue weighted by atomic mass is 9.84. The Balaban J connectivity index is 3.02. The van der Waals surface area contributed by atoms with Crippen LogP contribution in [0.4, 0.5) is 4.39 Å². The van der Waals surface area contributed by atoms with E-state index in [0.717, 1.165) is 17.3 Å². The fourth-order valence-electron chi connectivity index (χ4n) is 2.65. The Bertz CT molecular complexity index is 424.